The molecule has 0 heterocycles. The molecule has 0 fully saturated rings. The van der Waals surface area contributed by atoms with Gasteiger partial charge < -0.3 is 9.47 Å². The van der Waals surface area contributed by atoms with Crippen LogP contribution in [0.2, 0.25) is 0 Å². The summed E-state index contributed by atoms with van der Waals surface area (Å²) in [5.74, 6) is -0.465. The summed E-state index contributed by atoms with van der Waals surface area (Å²) in [6.45, 7) is 0. The van der Waals surface area contributed by atoms with Crippen molar-refractivity contribution >= 4 is 23.4 Å². The highest BCUT2D eigenvalue weighted by molar-refractivity contribution is 6.17. The predicted octanol–water partition coefficient (Wildman–Crippen LogP) is 2.58. The lowest BCUT2D eigenvalue weighted by Crippen LogP contribution is -2.12. The van der Waals surface area contributed by atoms with Crippen LogP contribution >= 0.6 is 11.6 Å². The molecule has 0 bridgehead atoms. The predicted molar refractivity (Wildman–Crippen MR) is 53.8 cm³/mol. The molecule has 0 unspecified atom stereocenters. The standard InChI is InChI=1S/C9H9ClFNO3/c1-14-8-3-2-6(4-7(8)11)12-9(13)15-5-10/h2-4H,5H2,1H3,(H,12,13). The van der Waals surface area contributed by atoms with Crippen LogP contribution in [-0.4, -0.2) is 19.3 Å². The Morgan fingerprint density at radius 1 is 1.60 bits per heavy atom. The third-order valence-corrected chi connectivity index (χ3v) is 1.69. The number of benzene rings is 1. The van der Waals surface area contributed by atoms with E-state index in [-0.39, 0.29) is 17.5 Å². The van der Waals surface area contributed by atoms with Gasteiger partial charge in [0.2, 0.25) is 0 Å². The average Bonchev–Trinajstić information content (AvgIpc) is 2.18. The quantitative estimate of drug-likeness (QED) is 0.817. The van der Waals surface area contributed by atoms with Crippen molar-refractivity contribution in [3.63, 3.8) is 0 Å². The van der Waals surface area contributed by atoms with E-state index in [1.54, 1.807) is 0 Å². The summed E-state index contributed by atoms with van der Waals surface area (Å²) in [6, 6.07) is 3.74. The molecular formula is C9H9ClFNO3. The summed E-state index contributed by atoms with van der Waals surface area (Å²) in [6.07, 6.45) is -0.741. The SMILES string of the molecule is COc1ccc(NC(=O)OCCl)cc1F. The van der Waals surface area contributed by atoms with Gasteiger partial charge in [-0.05, 0) is 12.1 Å². The van der Waals surface area contributed by atoms with Crippen LogP contribution in [0.15, 0.2) is 18.2 Å². The van der Waals surface area contributed by atoms with Gasteiger partial charge in [-0.2, -0.15) is 0 Å². The number of hydrogen-bond acceptors (Lipinski definition) is 3. The number of nitrogens with one attached hydrogen (secondary N) is 1. The third-order valence-electron chi connectivity index (χ3n) is 1.58. The Labute approximate surface area is 90.9 Å². The molecule has 1 rings (SSSR count). The lowest BCUT2D eigenvalue weighted by atomic mass is 10.3. The highest BCUT2D eigenvalue weighted by Crippen LogP contribution is 2.20. The fourth-order valence-electron chi connectivity index (χ4n) is 0.948. The van der Waals surface area contributed by atoms with E-state index in [1.807, 2.05) is 0 Å². The van der Waals surface area contributed by atoms with Crippen molar-refractivity contribution in [2.45, 2.75) is 0 Å². The van der Waals surface area contributed by atoms with Gasteiger partial charge in [-0.15, -0.1) is 0 Å². The molecule has 6 heteroatoms. The smallest absolute Gasteiger partial charge is 0.412 e. The van der Waals surface area contributed by atoms with E-state index < -0.39 is 11.9 Å². The number of ether oxygens (including phenoxy) is 2. The van der Waals surface area contributed by atoms with Crippen LogP contribution in [0.5, 0.6) is 5.75 Å². The number of carbonyl (C=O) groups excluding carboxylic acids is 1. The van der Waals surface area contributed by atoms with Crippen LogP contribution in [0.1, 0.15) is 0 Å². The number of hydrogen-bond donors (Lipinski definition) is 1. The maximum Gasteiger partial charge on any atom is 0.412 e. The Bertz CT molecular complexity index is 359. The van der Waals surface area contributed by atoms with Gasteiger partial charge in [0.1, 0.15) is 0 Å². The van der Waals surface area contributed by atoms with E-state index in [9.17, 15) is 9.18 Å². The number of methoxy groups -OCH3 is 1. The highest BCUT2D eigenvalue weighted by Gasteiger charge is 2.06. The van der Waals surface area contributed by atoms with E-state index in [0.29, 0.717) is 0 Å². The van der Waals surface area contributed by atoms with Crippen molar-refractivity contribution in [1.29, 1.82) is 0 Å². The zero-order chi connectivity index (χ0) is 11.3. The molecule has 1 N–H and O–H groups in total. The van der Waals surface area contributed by atoms with Gasteiger partial charge in [0.15, 0.2) is 17.6 Å². The van der Waals surface area contributed by atoms with Crippen LogP contribution in [0.3, 0.4) is 0 Å². The van der Waals surface area contributed by atoms with Crippen LogP contribution in [0.4, 0.5) is 14.9 Å². The fourth-order valence-corrected chi connectivity index (χ4v) is 1.05. The van der Waals surface area contributed by atoms with E-state index >= 15 is 0 Å². The molecule has 1 aromatic rings. The average molecular weight is 234 g/mol. The summed E-state index contributed by atoms with van der Waals surface area (Å²) < 4.78 is 22.3. The molecule has 4 nitrogen and oxygen atoms in total. The molecule has 0 aliphatic heterocycles. The van der Waals surface area contributed by atoms with Crippen molar-refractivity contribution in [2.75, 3.05) is 18.5 Å². The molecule has 0 aliphatic carbocycles. The second kappa shape index (κ2) is 5.41. The normalized spacial score (nSPS) is 9.53. The van der Waals surface area contributed by atoms with Crippen molar-refractivity contribution in [3.8, 4) is 5.75 Å². The Morgan fingerprint density at radius 2 is 2.33 bits per heavy atom. The first-order chi connectivity index (χ1) is 7.17. The van der Waals surface area contributed by atoms with Crippen LogP contribution in [0.25, 0.3) is 0 Å². The van der Waals surface area contributed by atoms with Gasteiger partial charge in [-0.25, -0.2) is 9.18 Å². The molecule has 1 aromatic carbocycles. The van der Waals surface area contributed by atoms with Gasteiger partial charge in [0.25, 0.3) is 0 Å². The van der Waals surface area contributed by atoms with E-state index in [0.717, 1.165) is 6.07 Å². The third kappa shape index (κ3) is 3.28. The Morgan fingerprint density at radius 3 is 2.87 bits per heavy atom. The summed E-state index contributed by atoms with van der Waals surface area (Å²) in [5, 5.41) is 2.29. The van der Waals surface area contributed by atoms with E-state index in [2.05, 4.69) is 10.1 Å². The van der Waals surface area contributed by atoms with Crippen LogP contribution < -0.4 is 10.1 Å². The maximum absolute atomic E-state index is 13.1. The van der Waals surface area contributed by atoms with Crippen molar-refractivity contribution in [2.24, 2.45) is 0 Å². The Kier molecular flexibility index (Phi) is 4.17. The minimum Gasteiger partial charge on any atom is -0.494 e. The molecule has 15 heavy (non-hydrogen) atoms. The number of alkyl halides is 1. The molecule has 0 spiro atoms. The molecule has 0 aliphatic rings. The number of carbonyl (C=O) groups is 1. The zero-order valence-corrected chi connectivity index (χ0v) is 8.68. The largest absolute Gasteiger partial charge is 0.494 e. The lowest BCUT2D eigenvalue weighted by Gasteiger charge is -2.06. The molecular weight excluding hydrogens is 225 g/mol. The molecule has 0 atom stereocenters. The van der Waals surface area contributed by atoms with Crippen molar-refractivity contribution in [3.05, 3.63) is 24.0 Å². The molecule has 82 valence electrons. The summed E-state index contributed by atoms with van der Waals surface area (Å²) in [4.78, 5) is 10.9. The number of anilines is 1. The van der Waals surface area contributed by atoms with Crippen LogP contribution in [0, 0.1) is 5.82 Å². The number of halogens is 2. The van der Waals surface area contributed by atoms with Gasteiger partial charge in [-0.3, -0.25) is 5.32 Å². The fraction of sp³-hybridized carbons (Fsp3) is 0.222. The summed E-state index contributed by atoms with van der Waals surface area (Å²) >= 11 is 5.16. The van der Waals surface area contributed by atoms with Gasteiger partial charge >= 0.3 is 6.09 Å². The monoisotopic (exact) mass is 233 g/mol. The first-order valence-electron chi connectivity index (χ1n) is 4.00. The number of rotatable bonds is 3. The Hall–Kier alpha value is -1.49. The second-order valence-electron chi connectivity index (χ2n) is 2.52. The summed E-state index contributed by atoms with van der Waals surface area (Å²) in [7, 11) is 1.35. The number of amides is 1. The molecule has 0 saturated carbocycles. The lowest BCUT2D eigenvalue weighted by molar-refractivity contribution is 0.180. The van der Waals surface area contributed by atoms with Gasteiger partial charge in [0.05, 0.1) is 7.11 Å². The van der Waals surface area contributed by atoms with Crippen molar-refractivity contribution in [1.82, 2.24) is 0 Å². The molecule has 1 amide bonds. The van der Waals surface area contributed by atoms with E-state index in [1.165, 1.54) is 19.2 Å². The van der Waals surface area contributed by atoms with Crippen LogP contribution in [-0.2, 0) is 4.74 Å². The minimum atomic E-state index is -0.741. The molecule has 0 radical (unpaired) electrons. The first-order valence-corrected chi connectivity index (χ1v) is 4.54. The van der Waals surface area contributed by atoms with E-state index in [4.69, 9.17) is 16.3 Å². The zero-order valence-electron chi connectivity index (χ0n) is 7.92. The minimum absolute atomic E-state index is 0.103. The highest BCUT2D eigenvalue weighted by atomic mass is 35.5. The van der Waals surface area contributed by atoms with Gasteiger partial charge in [-0.1, -0.05) is 11.6 Å². The Balaban J connectivity index is 2.71. The molecule has 0 aromatic heterocycles. The first kappa shape index (κ1) is 11.6. The van der Waals surface area contributed by atoms with Crippen molar-refractivity contribution < 1.29 is 18.7 Å². The summed E-state index contributed by atoms with van der Waals surface area (Å²) in [5.41, 5.74) is 0.267. The second-order valence-corrected chi connectivity index (χ2v) is 2.73. The maximum atomic E-state index is 13.1. The topological polar surface area (TPSA) is 47.6 Å². The van der Waals surface area contributed by atoms with Gasteiger partial charge in [0, 0.05) is 11.8 Å². The molecule has 0 saturated heterocycles.